The van der Waals surface area contributed by atoms with Gasteiger partial charge in [0.1, 0.15) is 5.82 Å². The second-order valence-electron chi connectivity index (χ2n) is 6.85. The van der Waals surface area contributed by atoms with Gasteiger partial charge >= 0.3 is 0 Å². The first-order valence-corrected chi connectivity index (χ1v) is 10.0. The number of hydrogen-bond acceptors (Lipinski definition) is 2. The van der Waals surface area contributed by atoms with Crippen LogP contribution in [0.3, 0.4) is 0 Å². The highest BCUT2D eigenvalue weighted by atomic mass is 35.5. The molecule has 1 heterocycles. The van der Waals surface area contributed by atoms with Gasteiger partial charge < -0.3 is 9.88 Å². The van der Waals surface area contributed by atoms with Gasteiger partial charge in [-0.15, -0.1) is 0 Å². The number of nitrogens with one attached hydrogen (secondary N) is 1. The molecule has 4 nitrogen and oxygen atoms in total. The first kappa shape index (κ1) is 19.5. The Labute approximate surface area is 179 Å². The van der Waals surface area contributed by atoms with Gasteiger partial charge in [0.05, 0.1) is 27.7 Å². The van der Waals surface area contributed by atoms with Crippen LogP contribution in [0.4, 0.5) is 0 Å². The van der Waals surface area contributed by atoms with E-state index in [2.05, 4.69) is 9.88 Å². The second kappa shape index (κ2) is 8.27. The fraction of sp³-hybridized carbons (Fsp3) is 0.130. The molecule has 0 aliphatic heterocycles. The van der Waals surface area contributed by atoms with Crippen molar-refractivity contribution in [1.29, 1.82) is 0 Å². The number of amides is 1. The Bertz CT molecular complexity index is 1190. The van der Waals surface area contributed by atoms with E-state index in [1.165, 1.54) is 0 Å². The molecule has 0 radical (unpaired) electrons. The van der Waals surface area contributed by atoms with Crippen LogP contribution in [0.25, 0.3) is 11.0 Å². The highest BCUT2D eigenvalue weighted by Gasteiger charge is 2.20. The Morgan fingerprint density at radius 3 is 2.59 bits per heavy atom. The number of halogens is 2. The highest BCUT2D eigenvalue weighted by Crippen LogP contribution is 2.24. The Hall–Kier alpha value is -2.82. The Balaban J connectivity index is 1.69. The Morgan fingerprint density at radius 1 is 1.03 bits per heavy atom. The normalized spacial score (nSPS) is 12.1. The minimum Gasteiger partial charge on any atom is -0.342 e. The summed E-state index contributed by atoms with van der Waals surface area (Å²) in [5.41, 5.74) is 3.38. The predicted molar refractivity (Wildman–Crippen MR) is 118 cm³/mol. The number of hydrogen-bond donors (Lipinski definition) is 1. The van der Waals surface area contributed by atoms with E-state index in [-0.39, 0.29) is 11.9 Å². The number of aromatic nitrogens is 2. The smallest absolute Gasteiger partial charge is 0.253 e. The van der Waals surface area contributed by atoms with Crippen molar-refractivity contribution < 1.29 is 4.79 Å². The summed E-state index contributed by atoms with van der Waals surface area (Å²) < 4.78 is 2.11. The second-order valence-corrected chi connectivity index (χ2v) is 7.69. The summed E-state index contributed by atoms with van der Waals surface area (Å²) in [6.07, 6.45) is 0. The quantitative estimate of drug-likeness (QED) is 0.435. The first-order chi connectivity index (χ1) is 14.0. The molecule has 0 saturated heterocycles. The van der Waals surface area contributed by atoms with Crippen molar-refractivity contribution >= 4 is 40.1 Å². The van der Waals surface area contributed by atoms with Gasteiger partial charge in [-0.25, -0.2) is 4.98 Å². The van der Waals surface area contributed by atoms with Crippen molar-refractivity contribution in [2.45, 2.75) is 19.5 Å². The largest absolute Gasteiger partial charge is 0.342 e. The van der Waals surface area contributed by atoms with Gasteiger partial charge in [-0.3, -0.25) is 4.79 Å². The molecule has 0 spiro atoms. The topological polar surface area (TPSA) is 46.9 Å². The van der Waals surface area contributed by atoms with Crippen LogP contribution in [-0.4, -0.2) is 15.5 Å². The molecule has 6 heteroatoms. The van der Waals surface area contributed by atoms with Crippen molar-refractivity contribution in [3.8, 4) is 0 Å². The van der Waals surface area contributed by atoms with Gasteiger partial charge in [-0.2, -0.15) is 0 Å². The zero-order valence-electron chi connectivity index (χ0n) is 15.8. The van der Waals surface area contributed by atoms with E-state index in [1.54, 1.807) is 24.3 Å². The third kappa shape index (κ3) is 4.14. The number of rotatable bonds is 5. The number of nitrogens with zero attached hydrogens (tertiary/aromatic N) is 2. The minimum atomic E-state index is -0.314. The third-order valence-corrected chi connectivity index (χ3v) is 5.33. The molecule has 0 fully saturated rings. The van der Waals surface area contributed by atoms with E-state index in [1.807, 2.05) is 55.5 Å². The average molecular weight is 424 g/mol. The number of benzene rings is 3. The van der Waals surface area contributed by atoms with Crippen molar-refractivity contribution in [2.75, 3.05) is 0 Å². The molecule has 4 aromatic rings. The minimum absolute atomic E-state index is 0.232. The summed E-state index contributed by atoms with van der Waals surface area (Å²) in [6, 6.07) is 22.4. The van der Waals surface area contributed by atoms with Crippen LogP contribution in [0, 0.1) is 0 Å². The summed E-state index contributed by atoms with van der Waals surface area (Å²) >= 11 is 12.3. The maximum Gasteiger partial charge on any atom is 0.253 e. The lowest BCUT2D eigenvalue weighted by Gasteiger charge is -2.17. The number of carbonyl (C=O) groups is 1. The van der Waals surface area contributed by atoms with Crippen molar-refractivity contribution in [2.24, 2.45) is 0 Å². The standard InChI is InChI=1S/C23H19Cl2N3O/c1-15(26-23(29)18-9-2-3-10-19(18)25)22-27-20-11-4-5-12-21(20)28(22)14-16-7-6-8-17(24)13-16/h2-13,15H,14H2,1H3,(H,26,29)/t15-/m1/s1. The lowest BCUT2D eigenvalue weighted by atomic mass is 10.2. The summed E-state index contributed by atoms with van der Waals surface area (Å²) in [4.78, 5) is 17.5. The molecule has 3 aromatic carbocycles. The van der Waals surface area contributed by atoms with E-state index in [0.717, 1.165) is 22.4 Å². The van der Waals surface area contributed by atoms with Crippen LogP contribution >= 0.6 is 23.2 Å². The predicted octanol–water partition coefficient (Wildman–Crippen LogP) is 5.88. The monoisotopic (exact) mass is 423 g/mol. The fourth-order valence-electron chi connectivity index (χ4n) is 3.39. The lowest BCUT2D eigenvalue weighted by Crippen LogP contribution is -2.29. The summed E-state index contributed by atoms with van der Waals surface area (Å²) in [5, 5.41) is 4.13. The molecule has 0 aliphatic rings. The number of carbonyl (C=O) groups excluding carboxylic acids is 1. The maximum absolute atomic E-state index is 12.7. The molecule has 0 saturated carbocycles. The van der Waals surface area contributed by atoms with Crippen LogP contribution in [0.2, 0.25) is 10.0 Å². The lowest BCUT2D eigenvalue weighted by molar-refractivity contribution is 0.0938. The molecule has 1 atom stereocenters. The van der Waals surface area contributed by atoms with E-state index in [4.69, 9.17) is 28.2 Å². The van der Waals surface area contributed by atoms with Gasteiger partial charge in [0.2, 0.25) is 0 Å². The van der Waals surface area contributed by atoms with Crippen LogP contribution < -0.4 is 5.32 Å². The molecular formula is C23H19Cl2N3O. The molecule has 0 aliphatic carbocycles. The van der Waals surface area contributed by atoms with Crippen LogP contribution in [0.1, 0.15) is 34.7 Å². The van der Waals surface area contributed by atoms with Crippen LogP contribution in [0.5, 0.6) is 0 Å². The molecule has 1 aromatic heterocycles. The third-order valence-electron chi connectivity index (χ3n) is 4.77. The Kier molecular flexibility index (Phi) is 5.56. The molecule has 29 heavy (non-hydrogen) atoms. The number of imidazole rings is 1. The Morgan fingerprint density at radius 2 is 1.79 bits per heavy atom. The molecule has 0 bridgehead atoms. The molecule has 4 rings (SSSR count). The van der Waals surface area contributed by atoms with Crippen molar-refractivity contribution in [3.63, 3.8) is 0 Å². The zero-order chi connectivity index (χ0) is 20.4. The van der Waals surface area contributed by atoms with Crippen molar-refractivity contribution in [1.82, 2.24) is 14.9 Å². The van der Waals surface area contributed by atoms with Crippen LogP contribution in [0.15, 0.2) is 72.8 Å². The van der Waals surface area contributed by atoms with Gasteiger partial charge in [0.25, 0.3) is 5.91 Å². The maximum atomic E-state index is 12.7. The first-order valence-electron chi connectivity index (χ1n) is 9.28. The fourth-order valence-corrected chi connectivity index (χ4v) is 3.83. The van der Waals surface area contributed by atoms with Gasteiger partial charge in [0, 0.05) is 11.6 Å². The van der Waals surface area contributed by atoms with E-state index in [9.17, 15) is 4.79 Å². The zero-order valence-corrected chi connectivity index (χ0v) is 17.3. The number of para-hydroxylation sites is 2. The summed E-state index contributed by atoms with van der Waals surface area (Å²) in [5.74, 6) is 0.538. The average Bonchev–Trinajstić information content (AvgIpc) is 3.07. The van der Waals surface area contributed by atoms with E-state index in [0.29, 0.717) is 22.2 Å². The van der Waals surface area contributed by atoms with Crippen molar-refractivity contribution in [3.05, 3.63) is 99.8 Å². The van der Waals surface area contributed by atoms with Crippen LogP contribution in [-0.2, 0) is 6.54 Å². The highest BCUT2D eigenvalue weighted by molar-refractivity contribution is 6.33. The van der Waals surface area contributed by atoms with Gasteiger partial charge in [-0.05, 0) is 48.9 Å². The number of fused-ring (bicyclic) bond motifs is 1. The molecule has 1 N–H and O–H groups in total. The van der Waals surface area contributed by atoms with Gasteiger partial charge in [-0.1, -0.05) is 59.6 Å². The summed E-state index contributed by atoms with van der Waals surface area (Å²) in [7, 11) is 0. The molecule has 146 valence electrons. The van der Waals surface area contributed by atoms with E-state index >= 15 is 0 Å². The molecule has 1 amide bonds. The SMILES string of the molecule is C[C@@H](NC(=O)c1ccccc1Cl)c1nc2ccccc2n1Cc1cccc(Cl)c1. The summed E-state index contributed by atoms with van der Waals surface area (Å²) in [6.45, 7) is 2.52. The molecule has 0 unspecified atom stereocenters. The molecular weight excluding hydrogens is 405 g/mol. The van der Waals surface area contributed by atoms with E-state index < -0.39 is 0 Å². The van der Waals surface area contributed by atoms with Gasteiger partial charge in [0.15, 0.2) is 0 Å².